The van der Waals surface area contributed by atoms with Crippen molar-refractivity contribution in [1.29, 1.82) is 0 Å². The van der Waals surface area contributed by atoms with Gasteiger partial charge in [-0.2, -0.15) is 4.31 Å². The predicted molar refractivity (Wildman–Crippen MR) is 98.5 cm³/mol. The molecule has 0 bridgehead atoms. The Labute approximate surface area is 158 Å². The van der Waals surface area contributed by atoms with Crippen molar-refractivity contribution in [2.24, 2.45) is 12.5 Å². The van der Waals surface area contributed by atoms with E-state index < -0.39 is 10.0 Å². The van der Waals surface area contributed by atoms with E-state index in [2.05, 4.69) is 15.3 Å². The summed E-state index contributed by atoms with van der Waals surface area (Å²) in [6.07, 6.45) is 7.16. The number of pyridine rings is 1. The van der Waals surface area contributed by atoms with Crippen LogP contribution >= 0.6 is 0 Å². The van der Waals surface area contributed by atoms with E-state index in [1.54, 1.807) is 49.3 Å². The van der Waals surface area contributed by atoms with Gasteiger partial charge in [0.2, 0.25) is 0 Å². The SMILES string of the molecule is Cc1nc(S(=O)(=O)N2CCC3(CC2)CC3NC(=O)c2ccncc2)cn1C. The normalized spacial score (nSPS) is 21.9. The molecule has 1 spiro atoms. The number of aryl methyl sites for hydroxylation is 2. The van der Waals surface area contributed by atoms with E-state index in [0.717, 1.165) is 19.3 Å². The molecule has 2 aromatic heterocycles. The van der Waals surface area contributed by atoms with Crippen molar-refractivity contribution >= 4 is 15.9 Å². The Hall–Kier alpha value is -2.26. The summed E-state index contributed by atoms with van der Waals surface area (Å²) in [5, 5.41) is 3.18. The topological polar surface area (TPSA) is 97.2 Å². The van der Waals surface area contributed by atoms with Crippen LogP contribution in [0.5, 0.6) is 0 Å². The fourth-order valence-corrected chi connectivity index (χ4v) is 5.27. The summed E-state index contributed by atoms with van der Waals surface area (Å²) < 4.78 is 28.8. The molecule has 1 aliphatic heterocycles. The number of nitrogens with zero attached hydrogens (tertiary/aromatic N) is 4. The monoisotopic (exact) mass is 389 g/mol. The Morgan fingerprint density at radius 2 is 1.93 bits per heavy atom. The van der Waals surface area contributed by atoms with Crippen molar-refractivity contribution in [3.05, 3.63) is 42.1 Å². The Bertz CT molecular complexity index is 943. The highest BCUT2D eigenvalue weighted by Gasteiger charge is 2.56. The first-order valence-electron chi connectivity index (χ1n) is 9.03. The first-order valence-corrected chi connectivity index (χ1v) is 10.5. The summed E-state index contributed by atoms with van der Waals surface area (Å²) in [6.45, 7) is 2.70. The van der Waals surface area contributed by atoms with E-state index in [4.69, 9.17) is 0 Å². The van der Waals surface area contributed by atoms with Crippen molar-refractivity contribution < 1.29 is 13.2 Å². The average molecular weight is 389 g/mol. The fourth-order valence-electron chi connectivity index (χ4n) is 3.80. The lowest BCUT2D eigenvalue weighted by Crippen LogP contribution is -2.41. The molecule has 1 aliphatic carbocycles. The number of hydrogen-bond acceptors (Lipinski definition) is 5. The number of imidazole rings is 1. The summed E-state index contributed by atoms with van der Waals surface area (Å²) in [6, 6.07) is 3.49. The number of sulfonamides is 1. The Balaban J connectivity index is 1.38. The third-order valence-corrected chi connectivity index (χ3v) is 7.62. The first-order chi connectivity index (χ1) is 12.8. The van der Waals surface area contributed by atoms with Crippen LogP contribution in [-0.4, -0.2) is 52.3 Å². The highest BCUT2D eigenvalue weighted by atomic mass is 32.2. The molecule has 2 aliphatic rings. The van der Waals surface area contributed by atoms with Gasteiger partial charge >= 0.3 is 0 Å². The molecule has 1 N–H and O–H groups in total. The molecule has 27 heavy (non-hydrogen) atoms. The number of carbonyl (C=O) groups is 1. The molecule has 144 valence electrons. The number of piperidine rings is 1. The standard InChI is InChI=1S/C18H23N5O3S/c1-13-20-16(12-22(13)2)27(25,26)23-9-5-18(6-10-23)11-15(18)21-17(24)14-3-7-19-8-4-14/h3-4,7-8,12,15H,5-6,9-11H2,1-2H3,(H,21,24). The second kappa shape index (κ2) is 6.42. The number of carbonyl (C=O) groups excluding carboxylic acids is 1. The van der Waals surface area contributed by atoms with Gasteiger partial charge in [-0.3, -0.25) is 9.78 Å². The highest BCUT2D eigenvalue weighted by molar-refractivity contribution is 7.89. The van der Waals surface area contributed by atoms with Crippen LogP contribution in [0.1, 0.15) is 35.4 Å². The summed E-state index contributed by atoms with van der Waals surface area (Å²) in [5.74, 6) is 0.571. The molecule has 4 rings (SSSR count). The van der Waals surface area contributed by atoms with Crippen molar-refractivity contribution in [3.63, 3.8) is 0 Å². The van der Waals surface area contributed by atoms with Gasteiger partial charge in [-0.05, 0) is 43.7 Å². The van der Waals surface area contributed by atoms with Gasteiger partial charge in [-0.25, -0.2) is 13.4 Å². The van der Waals surface area contributed by atoms with Crippen LogP contribution in [0.4, 0.5) is 0 Å². The molecule has 9 heteroatoms. The molecular formula is C18H23N5O3S. The van der Waals surface area contributed by atoms with Gasteiger partial charge < -0.3 is 9.88 Å². The van der Waals surface area contributed by atoms with Crippen LogP contribution in [0.15, 0.2) is 35.7 Å². The largest absolute Gasteiger partial charge is 0.349 e. The number of aromatic nitrogens is 3. The molecule has 3 heterocycles. The lowest BCUT2D eigenvalue weighted by molar-refractivity contribution is 0.0940. The average Bonchev–Trinajstić information content (AvgIpc) is 3.18. The molecular weight excluding hydrogens is 366 g/mol. The smallest absolute Gasteiger partial charge is 0.262 e. The number of hydrogen-bond donors (Lipinski definition) is 1. The van der Waals surface area contributed by atoms with Crippen molar-refractivity contribution in [2.45, 2.75) is 37.3 Å². The first kappa shape index (κ1) is 18.1. The van der Waals surface area contributed by atoms with E-state index in [-0.39, 0.29) is 22.4 Å². The quantitative estimate of drug-likeness (QED) is 0.844. The van der Waals surface area contributed by atoms with Gasteiger partial charge in [-0.15, -0.1) is 0 Å². The third-order valence-electron chi connectivity index (χ3n) is 5.85. The van der Waals surface area contributed by atoms with Gasteiger partial charge in [0.25, 0.3) is 15.9 Å². The molecule has 0 radical (unpaired) electrons. The minimum Gasteiger partial charge on any atom is -0.349 e. The lowest BCUT2D eigenvalue weighted by Gasteiger charge is -2.31. The van der Waals surface area contributed by atoms with Crippen LogP contribution in [0.2, 0.25) is 0 Å². The van der Waals surface area contributed by atoms with Crippen LogP contribution in [0.25, 0.3) is 0 Å². The van der Waals surface area contributed by atoms with E-state index in [1.807, 2.05) is 0 Å². The zero-order chi connectivity index (χ0) is 19.2. The molecule has 1 saturated heterocycles. The minimum absolute atomic E-state index is 0.0226. The minimum atomic E-state index is -3.56. The van der Waals surface area contributed by atoms with Crippen LogP contribution in [-0.2, 0) is 17.1 Å². The maximum atomic E-state index is 12.8. The molecule has 2 fully saturated rings. The Morgan fingerprint density at radius 1 is 1.26 bits per heavy atom. The molecule has 1 unspecified atom stereocenters. The van der Waals surface area contributed by atoms with Crippen molar-refractivity contribution in [1.82, 2.24) is 24.2 Å². The van der Waals surface area contributed by atoms with Gasteiger partial charge in [0.15, 0.2) is 5.03 Å². The van der Waals surface area contributed by atoms with Crippen molar-refractivity contribution in [2.75, 3.05) is 13.1 Å². The zero-order valence-electron chi connectivity index (χ0n) is 15.4. The van der Waals surface area contributed by atoms with E-state index in [9.17, 15) is 13.2 Å². The summed E-state index contributed by atoms with van der Waals surface area (Å²) in [5.41, 5.74) is 0.618. The maximum Gasteiger partial charge on any atom is 0.262 e. The van der Waals surface area contributed by atoms with Gasteiger partial charge in [0.05, 0.1) is 0 Å². The summed E-state index contributed by atoms with van der Waals surface area (Å²) in [4.78, 5) is 20.4. The number of rotatable bonds is 4. The van der Waals surface area contributed by atoms with Crippen LogP contribution in [0, 0.1) is 12.3 Å². The number of amides is 1. The molecule has 1 saturated carbocycles. The van der Waals surface area contributed by atoms with E-state index in [1.165, 1.54) is 4.31 Å². The molecule has 0 aromatic carbocycles. The summed E-state index contributed by atoms with van der Waals surface area (Å²) in [7, 11) is -1.78. The van der Waals surface area contributed by atoms with Gasteiger partial charge in [0, 0.05) is 50.3 Å². The third kappa shape index (κ3) is 3.25. The number of nitrogens with one attached hydrogen (secondary N) is 1. The second-order valence-corrected chi connectivity index (χ2v) is 9.35. The molecule has 2 aromatic rings. The van der Waals surface area contributed by atoms with E-state index in [0.29, 0.717) is 24.5 Å². The van der Waals surface area contributed by atoms with Gasteiger partial charge in [-0.1, -0.05) is 0 Å². The lowest BCUT2D eigenvalue weighted by atomic mass is 9.94. The Kier molecular flexibility index (Phi) is 4.31. The fraction of sp³-hybridized carbons (Fsp3) is 0.500. The Morgan fingerprint density at radius 3 is 2.52 bits per heavy atom. The van der Waals surface area contributed by atoms with E-state index >= 15 is 0 Å². The highest BCUT2D eigenvalue weighted by Crippen LogP contribution is 2.54. The molecule has 1 amide bonds. The molecule has 8 nitrogen and oxygen atoms in total. The maximum absolute atomic E-state index is 12.8. The molecule has 1 atom stereocenters. The van der Waals surface area contributed by atoms with Crippen LogP contribution in [0.3, 0.4) is 0 Å². The van der Waals surface area contributed by atoms with Crippen LogP contribution < -0.4 is 5.32 Å². The predicted octanol–water partition coefficient (Wildman–Crippen LogP) is 1.10. The van der Waals surface area contributed by atoms with Gasteiger partial charge in [0.1, 0.15) is 5.82 Å². The zero-order valence-corrected chi connectivity index (χ0v) is 16.2. The second-order valence-electron chi connectivity index (χ2n) is 7.47. The summed E-state index contributed by atoms with van der Waals surface area (Å²) >= 11 is 0. The van der Waals surface area contributed by atoms with Crippen molar-refractivity contribution in [3.8, 4) is 0 Å².